The first kappa shape index (κ1) is 11.2. The Hall–Kier alpha value is -1.88. The smallest absolute Gasteiger partial charge is 0.231 e. The van der Waals surface area contributed by atoms with Crippen LogP contribution >= 0.6 is 0 Å². The largest absolute Gasteiger partial charge is 0.508 e. The number of nitrogens with one attached hydrogen (secondary N) is 1. The van der Waals surface area contributed by atoms with Crippen LogP contribution in [-0.2, 0) is 6.42 Å². The van der Waals surface area contributed by atoms with Gasteiger partial charge in [0.25, 0.3) is 0 Å². The zero-order valence-electron chi connectivity index (χ0n) is 9.97. The third-order valence-electron chi connectivity index (χ3n) is 3.18. The second kappa shape index (κ2) is 4.78. The lowest BCUT2D eigenvalue weighted by Crippen LogP contribution is -2.08. The summed E-state index contributed by atoms with van der Waals surface area (Å²) < 4.78 is 5.25. The molecule has 0 aliphatic carbocycles. The highest BCUT2D eigenvalue weighted by atomic mass is 16.5. The molecule has 1 aromatic heterocycles. The number of hydrogen-bond donors (Lipinski definition) is 2. The third-order valence-corrected chi connectivity index (χ3v) is 3.18. The van der Waals surface area contributed by atoms with Crippen LogP contribution in [0.1, 0.15) is 29.6 Å². The fourth-order valence-corrected chi connectivity index (χ4v) is 2.22. The number of hydrogen-bond acceptors (Lipinski definition) is 5. The van der Waals surface area contributed by atoms with E-state index in [1.807, 2.05) is 12.1 Å². The molecule has 0 saturated carbocycles. The average Bonchev–Trinajstić information content (AvgIpc) is 2.98. The molecule has 5 nitrogen and oxygen atoms in total. The highest BCUT2D eigenvalue weighted by Crippen LogP contribution is 2.20. The maximum absolute atomic E-state index is 9.39. The second-order valence-corrected chi connectivity index (χ2v) is 4.58. The molecule has 2 heterocycles. The molecule has 0 bridgehead atoms. The van der Waals surface area contributed by atoms with Crippen LogP contribution in [0.4, 0.5) is 0 Å². The van der Waals surface area contributed by atoms with Gasteiger partial charge in [0.2, 0.25) is 5.89 Å². The van der Waals surface area contributed by atoms with Crippen molar-refractivity contribution in [1.29, 1.82) is 0 Å². The van der Waals surface area contributed by atoms with Gasteiger partial charge in [0, 0.05) is 12.5 Å². The van der Waals surface area contributed by atoms with Crippen LogP contribution < -0.4 is 5.32 Å². The van der Waals surface area contributed by atoms with E-state index in [1.165, 1.54) is 0 Å². The summed E-state index contributed by atoms with van der Waals surface area (Å²) in [5.41, 5.74) is 0.967. The number of phenolic OH excluding ortho intramolecular Hbond substituents is 1. The first-order chi connectivity index (χ1) is 8.81. The van der Waals surface area contributed by atoms with Gasteiger partial charge < -0.3 is 14.9 Å². The Kier molecular flexibility index (Phi) is 2.98. The van der Waals surface area contributed by atoms with Crippen LogP contribution in [0.2, 0.25) is 0 Å². The van der Waals surface area contributed by atoms with Crippen molar-refractivity contribution in [1.82, 2.24) is 15.5 Å². The molecule has 0 radical (unpaired) electrons. The highest BCUT2D eigenvalue weighted by Gasteiger charge is 2.21. The molecule has 1 aromatic carbocycles. The van der Waals surface area contributed by atoms with Gasteiger partial charge in [-0.3, -0.25) is 0 Å². The zero-order valence-corrected chi connectivity index (χ0v) is 9.97. The lowest BCUT2D eigenvalue weighted by atomic mass is 10.1. The molecule has 0 spiro atoms. The molecular formula is C13H15N3O2. The molecule has 1 unspecified atom stereocenters. The monoisotopic (exact) mass is 245 g/mol. The van der Waals surface area contributed by atoms with Crippen LogP contribution in [0.3, 0.4) is 0 Å². The zero-order chi connectivity index (χ0) is 12.4. The highest BCUT2D eigenvalue weighted by molar-refractivity contribution is 5.28. The van der Waals surface area contributed by atoms with E-state index in [1.54, 1.807) is 12.1 Å². The Balaban J connectivity index is 1.73. The molecule has 94 valence electrons. The van der Waals surface area contributed by atoms with Crippen molar-refractivity contribution >= 4 is 0 Å². The van der Waals surface area contributed by atoms with Crippen LogP contribution in [0, 0.1) is 0 Å². The average molecular weight is 245 g/mol. The molecule has 2 aromatic rings. The quantitative estimate of drug-likeness (QED) is 0.856. The lowest BCUT2D eigenvalue weighted by molar-refractivity contribution is 0.376. The SMILES string of the molecule is Oc1cccc(Cc2nc(C3CCNC3)no2)c1. The minimum absolute atomic E-state index is 0.257. The third kappa shape index (κ3) is 2.36. The van der Waals surface area contributed by atoms with E-state index in [9.17, 15) is 5.11 Å². The molecule has 2 N–H and O–H groups in total. The van der Waals surface area contributed by atoms with E-state index in [0.717, 1.165) is 30.9 Å². The number of aromatic nitrogens is 2. The van der Waals surface area contributed by atoms with Crippen LogP contribution in [-0.4, -0.2) is 28.3 Å². The van der Waals surface area contributed by atoms with Gasteiger partial charge in [0.15, 0.2) is 5.82 Å². The van der Waals surface area contributed by atoms with Crippen molar-refractivity contribution < 1.29 is 9.63 Å². The van der Waals surface area contributed by atoms with Gasteiger partial charge in [0.1, 0.15) is 5.75 Å². The maximum atomic E-state index is 9.39. The Morgan fingerprint density at radius 1 is 1.44 bits per heavy atom. The van der Waals surface area contributed by atoms with Gasteiger partial charge in [-0.25, -0.2) is 0 Å². The molecule has 5 heteroatoms. The molecule has 1 saturated heterocycles. The summed E-state index contributed by atoms with van der Waals surface area (Å²) in [4.78, 5) is 4.42. The van der Waals surface area contributed by atoms with Crippen molar-refractivity contribution in [3.63, 3.8) is 0 Å². The molecule has 1 aliphatic rings. The summed E-state index contributed by atoms with van der Waals surface area (Å²) >= 11 is 0. The van der Waals surface area contributed by atoms with Gasteiger partial charge in [-0.15, -0.1) is 0 Å². The van der Waals surface area contributed by atoms with Gasteiger partial charge in [-0.1, -0.05) is 17.3 Å². The minimum Gasteiger partial charge on any atom is -0.508 e. The van der Waals surface area contributed by atoms with Crippen molar-refractivity contribution in [2.75, 3.05) is 13.1 Å². The Bertz CT molecular complexity index is 533. The fraction of sp³-hybridized carbons (Fsp3) is 0.385. The summed E-state index contributed by atoms with van der Waals surface area (Å²) in [7, 11) is 0. The van der Waals surface area contributed by atoms with Crippen LogP contribution in [0.5, 0.6) is 5.75 Å². The topological polar surface area (TPSA) is 71.2 Å². The van der Waals surface area contributed by atoms with Crippen molar-refractivity contribution in [2.45, 2.75) is 18.8 Å². The van der Waals surface area contributed by atoms with Crippen molar-refractivity contribution in [3.05, 3.63) is 41.5 Å². The predicted molar refractivity (Wildman–Crippen MR) is 65.4 cm³/mol. The maximum Gasteiger partial charge on any atom is 0.231 e. The Morgan fingerprint density at radius 3 is 3.17 bits per heavy atom. The van der Waals surface area contributed by atoms with Crippen LogP contribution in [0.25, 0.3) is 0 Å². The van der Waals surface area contributed by atoms with Gasteiger partial charge >= 0.3 is 0 Å². The molecule has 0 amide bonds. The van der Waals surface area contributed by atoms with Gasteiger partial charge in [-0.05, 0) is 30.7 Å². The summed E-state index contributed by atoms with van der Waals surface area (Å²) in [5.74, 6) is 2.01. The number of phenols is 1. The molecule has 3 rings (SSSR count). The van der Waals surface area contributed by atoms with Crippen LogP contribution in [0.15, 0.2) is 28.8 Å². The number of benzene rings is 1. The number of rotatable bonds is 3. The summed E-state index contributed by atoms with van der Waals surface area (Å²) in [6.07, 6.45) is 1.62. The lowest BCUT2D eigenvalue weighted by Gasteiger charge is -1.99. The first-order valence-electron chi connectivity index (χ1n) is 6.12. The van der Waals surface area contributed by atoms with Crippen molar-refractivity contribution in [3.8, 4) is 5.75 Å². The standard InChI is InChI=1S/C13H15N3O2/c17-11-3-1-2-9(6-11)7-12-15-13(16-18-12)10-4-5-14-8-10/h1-3,6,10,14,17H,4-5,7-8H2. The summed E-state index contributed by atoms with van der Waals surface area (Å²) in [5, 5.41) is 16.7. The molecule has 1 aliphatic heterocycles. The molecule has 1 atom stereocenters. The Labute approximate surface area is 105 Å². The molecule has 18 heavy (non-hydrogen) atoms. The van der Waals surface area contributed by atoms with E-state index < -0.39 is 0 Å². The predicted octanol–water partition coefficient (Wildman–Crippen LogP) is 1.44. The number of aromatic hydroxyl groups is 1. The summed E-state index contributed by atoms with van der Waals surface area (Å²) in [6, 6.07) is 7.09. The van der Waals surface area contributed by atoms with E-state index in [-0.39, 0.29) is 5.75 Å². The molecule has 1 fully saturated rings. The van der Waals surface area contributed by atoms with Crippen molar-refractivity contribution in [2.24, 2.45) is 0 Å². The normalized spacial score (nSPS) is 19.2. The van der Waals surface area contributed by atoms with E-state index in [4.69, 9.17) is 4.52 Å². The fourth-order valence-electron chi connectivity index (χ4n) is 2.22. The van der Waals surface area contributed by atoms with E-state index >= 15 is 0 Å². The minimum atomic E-state index is 0.257. The molecular weight excluding hydrogens is 230 g/mol. The van der Waals surface area contributed by atoms with E-state index in [2.05, 4.69) is 15.5 Å². The van der Waals surface area contributed by atoms with Gasteiger partial charge in [0.05, 0.1) is 6.42 Å². The van der Waals surface area contributed by atoms with Gasteiger partial charge in [-0.2, -0.15) is 4.98 Å². The first-order valence-corrected chi connectivity index (χ1v) is 6.12. The second-order valence-electron chi connectivity index (χ2n) is 4.58. The Morgan fingerprint density at radius 2 is 2.39 bits per heavy atom. The van der Waals surface area contributed by atoms with E-state index in [0.29, 0.717) is 18.2 Å². The number of nitrogens with zero attached hydrogens (tertiary/aromatic N) is 2. The summed E-state index contributed by atoms with van der Waals surface area (Å²) in [6.45, 7) is 1.94.